The lowest BCUT2D eigenvalue weighted by Gasteiger charge is -2.26. The molecule has 1 aromatic carbocycles. The van der Waals surface area contributed by atoms with Crippen LogP contribution in [0.3, 0.4) is 0 Å². The summed E-state index contributed by atoms with van der Waals surface area (Å²) in [5.41, 5.74) is 0.173. The molecule has 1 amide bonds. The van der Waals surface area contributed by atoms with Crippen molar-refractivity contribution in [2.24, 2.45) is 11.8 Å². The second-order valence-electron chi connectivity index (χ2n) is 6.72. The van der Waals surface area contributed by atoms with Gasteiger partial charge in [-0.2, -0.15) is 0 Å². The lowest BCUT2D eigenvalue weighted by atomic mass is 9.95. The lowest BCUT2D eigenvalue weighted by Crippen LogP contribution is -2.45. The van der Waals surface area contributed by atoms with Crippen molar-refractivity contribution in [2.75, 3.05) is 17.1 Å². The van der Waals surface area contributed by atoms with Crippen LogP contribution in [0.25, 0.3) is 0 Å². The fourth-order valence-electron chi connectivity index (χ4n) is 3.84. The fraction of sp³-hybridized carbons (Fsp3) is 0.562. The van der Waals surface area contributed by atoms with Gasteiger partial charge in [-0.05, 0) is 49.3 Å². The third kappa shape index (κ3) is 3.67. The number of halogens is 2. The van der Waals surface area contributed by atoms with Crippen LogP contribution in [0.15, 0.2) is 18.2 Å². The molecular formula is C16H20ClFN2O3S. The molecule has 8 heteroatoms. The highest BCUT2D eigenvalue weighted by Crippen LogP contribution is 2.44. The van der Waals surface area contributed by atoms with Gasteiger partial charge in [-0.1, -0.05) is 18.0 Å². The summed E-state index contributed by atoms with van der Waals surface area (Å²) in [7, 11) is -3.70. The summed E-state index contributed by atoms with van der Waals surface area (Å²) in [6.07, 6.45) is 5.47. The fourth-order valence-corrected chi connectivity index (χ4v) is 4.87. The van der Waals surface area contributed by atoms with Crippen LogP contribution in [-0.4, -0.2) is 33.2 Å². The molecule has 0 heterocycles. The molecule has 2 saturated carbocycles. The first-order valence-corrected chi connectivity index (χ1v) is 10.2. The average Bonchev–Trinajstić information content (AvgIpc) is 3.09. The van der Waals surface area contributed by atoms with Crippen molar-refractivity contribution < 1.29 is 17.6 Å². The van der Waals surface area contributed by atoms with Gasteiger partial charge in [0.2, 0.25) is 15.9 Å². The molecule has 1 aromatic rings. The first kappa shape index (κ1) is 17.5. The molecular weight excluding hydrogens is 355 g/mol. The number of carbonyl (C=O) groups excluding carboxylic acids is 1. The van der Waals surface area contributed by atoms with Gasteiger partial charge in [-0.15, -0.1) is 0 Å². The standard InChI is InChI=1S/C16H20ClFN2O3S/c1-24(22,23)20(12-4-5-14(18)13(17)8-12)9-16(21)19-15-7-10-2-3-11(15)6-10/h4-5,8,10-11,15H,2-3,6-7,9H2,1H3,(H,19,21)/t10-,11-,15-/m1/s1. The van der Waals surface area contributed by atoms with E-state index in [2.05, 4.69) is 5.32 Å². The van der Waals surface area contributed by atoms with E-state index in [1.807, 2.05) is 0 Å². The quantitative estimate of drug-likeness (QED) is 0.861. The zero-order valence-corrected chi connectivity index (χ0v) is 14.9. The molecule has 0 aliphatic heterocycles. The normalized spacial score (nSPS) is 25.7. The first-order chi connectivity index (χ1) is 11.2. The number of hydrogen-bond acceptors (Lipinski definition) is 3. The molecule has 3 atom stereocenters. The second-order valence-corrected chi connectivity index (χ2v) is 9.03. The smallest absolute Gasteiger partial charge is 0.241 e. The van der Waals surface area contributed by atoms with Crippen molar-refractivity contribution in [1.82, 2.24) is 5.32 Å². The maximum Gasteiger partial charge on any atom is 0.241 e. The Balaban J connectivity index is 1.72. The summed E-state index contributed by atoms with van der Waals surface area (Å²) in [4.78, 5) is 12.3. The molecule has 5 nitrogen and oxygen atoms in total. The summed E-state index contributed by atoms with van der Waals surface area (Å²) in [5, 5.41) is 2.77. The zero-order chi connectivity index (χ0) is 17.5. The van der Waals surface area contributed by atoms with E-state index in [0.717, 1.165) is 35.9 Å². The molecule has 2 aliphatic rings. The number of amides is 1. The van der Waals surface area contributed by atoms with Gasteiger partial charge in [-0.25, -0.2) is 12.8 Å². The molecule has 2 fully saturated rings. The predicted octanol–water partition coefficient (Wildman–Crippen LogP) is 2.55. The molecule has 24 heavy (non-hydrogen) atoms. The number of hydrogen-bond donors (Lipinski definition) is 1. The van der Waals surface area contributed by atoms with E-state index in [9.17, 15) is 17.6 Å². The Kier molecular flexibility index (Phi) is 4.75. The Morgan fingerprint density at radius 3 is 2.67 bits per heavy atom. The van der Waals surface area contributed by atoms with Gasteiger partial charge in [0, 0.05) is 6.04 Å². The highest BCUT2D eigenvalue weighted by Gasteiger charge is 2.40. The number of rotatable bonds is 5. The topological polar surface area (TPSA) is 66.5 Å². The van der Waals surface area contributed by atoms with E-state index in [-0.39, 0.29) is 29.2 Å². The average molecular weight is 375 g/mol. The van der Waals surface area contributed by atoms with E-state index in [0.29, 0.717) is 11.8 Å². The number of anilines is 1. The van der Waals surface area contributed by atoms with E-state index in [1.165, 1.54) is 18.6 Å². The van der Waals surface area contributed by atoms with Gasteiger partial charge < -0.3 is 5.32 Å². The summed E-state index contributed by atoms with van der Waals surface area (Å²) >= 11 is 5.73. The number of nitrogens with one attached hydrogen (secondary N) is 1. The lowest BCUT2D eigenvalue weighted by molar-refractivity contribution is -0.120. The highest BCUT2D eigenvalue weighted by atomic mass is 35.5. The minimum atomic E-state index is -3.70. The van der Waals surface area contributed by atoms with Gasteiger partial charge >= 0.3 is 0 Å². The Morgan fingerprint density at radius 2 is 2.12 bits per heavy atom. The molecule has 0 saturated heterocycles. The maximum atomic E-state index is 13.3. The van der Waals surface area contributed by atoms with E-state index in [4.69, 9.17) is 11.6 Å². The van der Waals surface area contributed by atoms with Crippen molar-refractivity contribution in [2.45, 2.75) is 31.7 Å². The summed E-state index contributed by atoms with van der Waals surface area (Å²) in [6.45, 7) is -0.339. The largest absolute Gasteiger partial charge is 0.352 e. The molecule has 3 rings (SSSR count). The minimum Gasteiger partial charge on any atom is -0.352 e. The number of sulfonamides is 1. The monoisotopic (exact) mass is 374 g/mol. The molecule has 0 radical (unpaired) electrons. The molecule has 2 bridgehead atoms. The first-order valence-electron chi connectivity index (χ1n) is 7.96. The van der Waals surface area contributed by atoms with Crippen LogP contribution in [0, 0.1) is 17.7 Å². The SMILES string of the molecule is CS(=O)(=O)N(CC(=O)N[C@@H]1C[C@@H]2CC[C@@H]1C2)c1ccc(F)c(Cl)c1. The maximum absolute atomic E-state index is 13.3. The third-order valence-corrected chi connectivity index (χ3v) is 6.39. The van der Waals surface area contributed by atoms with Gasteiger partial charge in [0.1, 0.15) is 12.4 Å². The van der Waals surface area contributed by atoms with Crippen LogP contribution in [0.2, 0.25) is 5.02 Å². The van der Waals surface area contributed by atoms with Crippen molar-refractivity contribution in [1.29, 1.82) is 0 Å². The van der Waals surface area contributed by atoms with E-state index >= 15 is 0 Å². The van der Waals surface area contributed by atoms with Crippen LogP contribution in [0.5, 0.6) is 0 Å². The Hall–Kier alpha value is -1.34. The third-order valence-electron chi connectivity index (χ3n) is 4.96. The van der Waals surface area contributed by atoms with E-state index in [1.54, 1.807) is 0 Å². The molecule has 0 spiro atoms. The molecule has 2 aliphatic carbocycles. The number of benzene rings is 1. The zero-order valence-electron chi connectivity index (χ0n) is 13.3. The van der Waals surface area contributed by atoms with Gasteiger partial charge in [0.15, 0.2) is 0 Å². The second kappa shape index (κ2) is 6.52. The van der Waals surface area contributed by atoms with Crippen LogP contribution >= 0.6 is 11.6 Å². The molecule has 0 unspecified atom stereocenters. The van der Waals surface area contributed by atoms with Crippen LogP contribution in [0.1, 0.15) is 25.7 Å². The predicted molar refractivity (Wildman–Crippen MR) is 91.0 cm³/mol. The van der Waals surface area contributed by atoms with Gasteiger partial charge in [-0.3, -0.25) is 9.10 Å². The Labute approximate surface area is 146 Å². The highest BCUT2D eigenvalue weighted by molar-refractivity contribution is 7.92. The number of nitrogens with zero attached hydrogens (tertiary/aromatic N) is 1. The number of fused-ring (bicyclic) bond motifs is 2. The van der Waals surface area contributed by atoms with Crippen molar-refractivity contribution >= 4 is 33.2 Å². The van der Waals surface area contributed by atoms with Crippen LogP contribution in [-0.2, 0) is 14.8 Å². The number of carbonyl (C=O) groups is 1. The van der Waals surface area contributed by atoms with Crippen LogP contribution in [0.4, 0.5) is 10.1 Å². The molecule has 1 N–H and O–H groups in total. The van der Waals surface area contributed by atoms with Crippen molar-refractivity contribution in [3.8, 4) is 0 Å². The minimum absolute atomic E-state index is 0.134. The summed E-state index contributed by atoms with van der Waals surface area (Å²) in [5.74, 6) is 0.201. The van der Waals surface area contributed by atoms with Crippen molar-refractivity contribution in [3.05, 3.63) is 29.0 Å². The van der Waals surface area contributed by atoms with Gasteiger partial charge in [0.05, 0.1) is 17.0 Å². The van der Waals surface area contributed by atoms with Crippen LogP contribution < -0.4 is 9.62 Å². The van der Waals surface area contributed by atoms with Gasteiger partial charge in [0.25, 0.3) is 0 Å². The Morgan fingerprint density at radius 1 is 1.38 bits per heavy atom. The van der Waals surface area contributed by atoms with Crippen molar-refractivity contribution in [3.63, 3.8) is 0 Å². The molecule has 132 valence electrons. The van der Waals surface area contributed by atoms with E-state index < -0.39 is 15.8 Å². The Bertz CT molecular complexity index is 756. The summed E-state index contributed by atoms with van der Waals surface area (Å²) < 4.78 is 38.3. The summed E-state index contributed by atoms with van der Waals surface area (Å²) in [6, 6.07) is 3.73. The molecule has 0 aromatic heterocycles.